The second-order valence-corrected chi connectivity index (χ2v) is 9.52. The first-order valence-corrected chi connectivity index (χ1v) is 11.8. The minimum Gasteiger partial charge on any atom is -0.495 e. The number of carbonyl (C=O) groups is 2. The van der Waals surface area contributed by atoms with E-state index in [9.17, 15) is 31.2 Å². The van der Waals surface area contributed by atoms with Crippen LogP contribution in [0.15, 0.2) is 47.4 Å². The van der Waals surface area contributed by atoms with Gasteiger partial charge in [-0.15, -0.1) is 0 Å². The molecule has 0 aromatic heterocycles. The molecule has 2 aromatic rings. The molecule has 0 aliphatic carbocycles. The molecule has 1 aliphatic heterocycles. The van der Waals surface area contributed by atoms with Crippen LogP contribution < -0.4 is 14.8 Å². The number of carbonyl (C=O) groups excluding carboxylic acids is 2. The fourth-order valence-electron chi connectivity index (χ4n) is 3.66. The van der Waals surface area contributed by atoms with Gasteiger partial charge in [0, 0.05) is 25.1 Å². The Morgan fingerprint density at radius 1 is 1.21 bits per heavy atom. The van der Waals surface area contributed by atoms with Crippen LogP contribution in [-0.2, 0) is 21.0 Å². The van der Waals surface area contributed by atoms with Crippen LogP contribution in [0.25, 0.3) is 0 Å². The molecule has 1 saturated heterocycles. The molecule has 2 N–H and O–H groups in total. The fourth-order valence-corrected chi connectivity index (χ4v) is 4.58. The number of likely N-dealkylation sites (tertiary alicyclic amines) is 1. The molecule has 2 aromatic carbocycles. The summed E-state index contributed by atoms with van der Waals surface area (Å²) in [6.45, 7) is 0.404. The number of benzene rings is 2. The predicted octanol–water partition coefficient (Wildman–Crippen LogP) is 2.72. The fraction of sp³-hybridized carbons (Fsp3) is 0.364. The van der Waals surface area contributed by atoms with Gasteiger partial charge in [0.15, 0.2) is 0 Å². The maximum Gasteiger partial charge on any atom is 0.416 e. The summed E-state index contributed by atoms with van der Waals surface area (Å²) in [5.74, 6) is -0.856. The molecule has 0 radical (unpaired) electrons. The van der Waals surface area contributed by atoms with E-state index in [4.69, 9.17) is 4.74 Å². The van der Waals surface area contributed by atoms with E-state index in [0.29, 0.717) is 19.4 Å². The Morgan fingerprint density at radius 3 is 2.53 bits per heavy atom. The predicted molar refractivity (Wildman–Crippen MR) is 117 cm³/mol. The summed E-state index contributed by atoms with van der Waals surface area (Å²) in [6, 6.07) is 7.32. The Hall–Kier alpha value is -3.12. The Morgan fingerprint density at radius 2 is 1.94 bits per heavy atom. The van der Waals surface area contributed by atoms with E-state index in [1.807, 2.05) is 0 Å². The monoisotopic (exact) mass is 499 g/mol. The third-order valence-corrected chi connectivity index (χ3v) is 6.92. The molecule has 1 aliphatic rings. The average Bonchev–Trinajstić information content (AvgIpc) is 3.21. The SMILES string of the molecule is CNS(=O)(=O)c1cc(C(=O)NC(CN2CCCC2=O)c2cccc(C(F)(F)F)c2)ccc1OC. The van der Waals surface area contributed by atoms with E-state index in [0.717, 1.165) is 18.2 Å². The van der Waals surface area contributed by atoms with Crippen molar-refractivity contribution in [2.75, 3.05) is 27.2 Å². The maximum atomic E-state index is 13.3. The Labute approximate surface area is 195 Å². The molecule has 3 rings (SSSR count). The van der Waals surface area contributed by atoms with Crippen molar-refractivity contribution in [2.24, 2.45) is 0 Å². The highest BCUT2D eigenvalue weighted by Crippen LogP contribution is 2.31. The smallest absolute Gasteiger partial charge is 0.416 e. The zero-order valence-electron chi connectivity index (χ0n) is 18.5. The van der Waals surface area contributed by atoms with Crippen LogP contribution in [0.2, 0.25) is 0 Å². The zero-order chi connectivity index (χ0) is 25.1. The number of amides is 2. The molecule has 34 heavy (non-hydrogen) atoms. The lowest BCUT2D eigenvalue weighted by Gasteiger charge is -2.26. The number of nitrogens with zero attached hydrogens (tertiary/aromatic N) is 1. The molecule has 1 atom stereocenters. The van der Waals surface area contributed by atoms with Gasteiger partial charge in [-0.05, 0) is 49.4 Å². The zero-order valence-corrected chi connectivity index (χ0v) is 19.3. The highest BCUT2D eigenvalue weighted by Gasteiger charge is 2.32. The number of nitrogens with one attached hydrogen (secondary N) is 2. The van der Waals surface area contributed by atoms with Crippen LogP contribution in [0, 0.1) is 0 Å². The lowest BCUT2D eigenvalue weighted by Crippen LogP contribution is -2.38. The summed E-state index contributed by atoms with van der Waals surface area (Å²) in [7, 11) is -1.47. The first-order chi connectivity index (χ1) is 16.0. The second kappa shape index (κ2) is 10.0. The molecule has 184 valence electrons. The number of alkyl halides is 3. The summed E-state index contributed by atoms with van der Waals surface area (Å²) < 4.78 is 71.6. The summed E-state index contributed by atoms with van der Waals surface area (Å²) >= 11 is 0. The van der Waals surface area contributed by atoms with E-state index in [1.165, 1.54) is 43.3 Å². The first kappa shape index (κ1) is 25.5. The van der Waals surface area contributed by atoms with Crippen molar-refractivity contribution in [1.29, 1.82) is 0 Å². The number of rotatable bonds is 8. The molecule has 0 spiro atoms. The molecule has 1 fully saturated rings. The van der Waals surface area contributed by atoms with Gasteiger partial charge >= 0.3 is 6.18 Å². The second-order valence-electron chi connectivity index (χ2n) is 7.67. The number of ether oxygens (including phenoxy) is 1. The minimum absolute atomic E-state index is 0.0167. The molecule has 0 bridgehead atoms. The lowest BCUT2D eigenvalue weighted by molar-refractivity contribution is -0.137. The van der Waals surface area contributed by atoms with Gasteiger partial charge in [-0.3, -0.25) is 9.59 Å². The first-order valence-electron chi connectivity index (χ1n) is 10.3. The van der Waals surface area contributed by atoms with Gasteiger partial charge in [0.1, 0.15) is 10.6 Å². The third-order valence-electron chi connectivity index (χ3n) is 5.48. The molecule has 8 nitrogen and oxygen atoms in total. The van der Waals surface area contributed by atoms with E-state index in [1.54, 1.807) is 0 Å². The van der Waals surface area contributed by atoms with Crippen LogP contribution in [-0.4, -0.2) is 52.4 Å². The number of sulfonamides is 1. The molecular weight excluding hydrogens is 475 g/mol. The Balaban J connectivity index is 1.96. The summed E-state index contributed by atoms with van der Waals surface area (Å²) in [5, 5.41) is 2.65. The van der Waals surface area contributed by atoms with Gasteiger partial charge in [0.25, 0.3) is 5.91 Å². The van der Waals surface area contributed by atoms with Gasteiger partial charge in [-0.1, -0.05) is 12.1 Å². The van der Waals surface area contributed by atoms with Crippen molar-refractivity contribution in [1.82, 2.24) is 14.9 Å². The topological polar surface area (TPSA) is 105 Å². The van der Waals surface area contributed by atoms with Crippen LogP contribution >= 0.6 is 0 Å². The molecule has 0 saturated carbocycles. The van der Waals surface area contributed by atoms with Crippen LogP contribution in [0.4, 0.5) is 13.2 Å². The van der Waals surface area contributed by atoms with Crippen molar-refractivity contribution in [3.63, 3.8) is 0 Å². The molecule has 12 heteroatoms. The molecular formula is C22H24F3N3O5S. The number of halogens is 3. The maximum absolute atomic E-state index is 13.3. The number of methoxy groups -OCH3 is 1. The molecule has 1 heterocycles. The number of hydrogen-bond acceptors (Lipinski definition) is 5. The van der Waals surface area contributed by atoms with Crippen LogP contribution in [0.5, 0.6) is 5.75 Å². The van der Waals surface area contributed by atoms with Gasteiger partial charge in [-0.2, -0.15) is 13.2 Å². The van der Waals surface area contributed by atoms with Gasteiger partial charge in [-0.25, -0.2) is 13.1 Å². The van der Waals surface area contributed by atoms with Crippen molar-refractivity contribution >= 4 is 21.8 Å². The molecule has 2 amide bonds. The van der Waals surface area contributed by atoms with Crippen molar-refractivity contribution < 1.29 is 35.9 Å². The van der Waals surface area contributed by atoms with Crippen LogP contribution in [0.3, 0.4) is 0 Å². The van der Waals surface area contributed by atoms with E-state index in [-0.39, 0.29) is 34.2 Å². The Bertz CT molecular complexity index is 1180. The summed E-state index contributed by atoms with van der Waals surface area (Å²) in [5.41, 5.74) is -0.761. The van der Waals surface area contributed by atoms with Crippen molar-refractivity contribution in [3.05, 3.63) is 59.2 Å². The van der Waals surface area contributed by atoms with E-state index < -0.39 is 33.7 Å². The van der Waals surface area contributed by atoms with Gasteiger partial charge in [0.2, 0.25) is 15.9 Å². The lowest BCUT2D eigenvalue weighted by atomic mass is 10.0. The Kier molecular flexibility index (Phi) is 7.51. The van der Waals surface area contributed by atoms with Gasteiger partial charge < -0.3 is 15.0 Å². The highest BCUT2D eigenvalue weighted by atomic mass is 32.2. The largest absolute Gasteiger partial charge is 0.495 e. The van der Waals surface area contributed by atoms with E-state index in [2.05, 4.69) is 10.0 Å². The highest BCUT2D eigenvalue weighted by molar-refractivity contribution is 7.89. The normalized spacial score (nSPS) is 15.3. The van der Waals surface area contributed by atoms with Crippen molar-refractivity contribution in [3.8, 4) is 5.75 Å². The van der Waals surface area contributed by atoms with Gasteiger partial charge in [0.05, 0.1) is 18.7 Å². The quantitative estimate of drug-likeness (QED) is 0.581. The average molecular weight is 500 g/mol. The third kappa shape index (κ3) is 5.68. The molecule has 1 unspecified atom stereocenters. The summed E-state index contributed by atoms with van der Waals surface area (Å²) in [4.78, 5) is 26.4. The van der Waals surface area contributed by atoms with E-state index >= 15 is 0 Å². The standard InChI is InChI=1S/C22H24F3N3O5S/c1-26-34(31,32)19-12-15(8-9-18(19)33-2)21(30)27-17(13-28-10-4-7-20(28)29)14-5-3-6-16(11-14)22(23,24)25/h3,5-6,8-9,11-12,17,26H,4,7,10,13H2,1-2H3,(H,27,30). The summed E-state index contributed by atoms with van der Waals surface area (Å²) in [6.07, 6.45) is -3.64. The minimum atomic E-state index is -4.58. The van der Waals surface area contributed by atoms with Crippen molar-refractivity contribution in [2.45, 2.75) is 30.0 Å². The van der Waals surface area contributed by atoms with Crippen LogP contribution in [0.1, 0.15) is 40.4 Å². The number of hydrogen-bond donors (Lipinski definition) is 2.